The number of sulfonamides is 1. The summed E-state index contributed by atoms with van der Waals surface area (Å²) in [5.74, 6) is -0.323. The van der Waals surface area contributed by atoms with Crippen molar-refractivity contribution in [3.8, 4) is 6.07 Å². The van der Waals surface area contributed by atoms with E-state index in [0.29, 0.717) is 25.1 Å². The monoisotopic (exact) mass is 406 g/mol. The van der Waals surface area contributed by atoms with E-state index in [0.717, 1.165) is 23.6 Å². The summed E-state index contributed by atoms with van der Waals surface area (Å²) >= 11 is 0. The average molecular weight is 407 g/mol. The predicted molar refractivity (Wildman–Crippen MR) is 104 cm³/mol. The number of benzene rings is 1. The second-order valence-electron chi connectivity index (χ2n) is 6.89. The maximum atomic E-state index is 12.6. The number of likely N-dealkylation sites (N-methyl/N-ethyl adjacent to an activating group) is 1. The van der Waals surface area contributed by atoms with Crippen molar-refractivity contribution in [1.82, 2.24) is 14.5 Å². The number of nitriles is 1. The van der Waals surface area contributed by atoms with Gasteiger partial charge in [-0.3, -0.25) is 9.59 Å². The van der Waals surface area contributed by atoms with Gasteiger partial charge in [0.25, 0.3) is 0 Å². The molecule has 2 rings (SSSR count). The number of hydrogen-bond donors (Lipinski definition) is 1. The second-order valence-corrected chi connectivity index (χ2v) is 8.94. The van der Waals surface area contributed by atoms with Crippen LogP contribution in [0, 0.1) is 11.3 Å². The fourth-order valence-electron chi connectivity index (χ4n) is 3.11. The van der Waals surface area contributed by atoms with Gasteiger partial charge in [0.2, 0.25) is 21.8 Å². The summed E-state index contributed by atoms with van der Waals surface area (Å²) < 4.78 is 26.3. The van der Waals surface area contributed by atoms with Gasteiger partial charge < -0.3 is 10.2 Å². The van der Waals surface area contributed by atoms with E-state index in [4.69, 9.17) is 5.26 Å². The Hall–Kier alpha value is -2.44. The van der Waals surface area contributed by atoms with E-state index < -0.39 is 10.0 Å². The van der Waals surface area contributed by atoms with Gasteiger partial charge in [-0.25, -0.2) is 8.42 Å². The molecule has 0 spiro atoms. The van der Waals surface area contributed by atoms with Crippen LogP contribution in [0.5, 0.6) is 0 Å². The van der Waals surface area contributed by atoms with Crippen LogP contribution in [-0.4, -0.2) is 62.2 Å². The molecule has 28 heavy (non-hydrogen) atoms. The lowest BCUT2D eigenvalue weighted by Crippen LogP contribution is -2.51. The number of piperidine rings is 1. The Bertz CT molecular complexity index is 846. The van der Waals surface area contributed by atoms with Gasteiger partial charge in [0.05, 0.1) is 23.1 Å². The van der Waals surface area contributed by atoms with Crippen molar-refractivity contribution in [2.45, 2.75) is 43.5 Å². The second kappa shape index (κ2) is 9.66. The topological polar surface area (TPSA) is 111 Å². The molecule has 1 unspecified atom stereocenters. The number of hydrogen-bond acceptors (Lipinski definition) is 5. The average Bonchev–Trinajstić information content (AvgIpc) is 2.68. The van der Waals surface area contributed by atoms with Crippen molar-refractivity contribution in [1.29, 1.82) is 5.26 Å². The van der Waals surface area contributed by atoms with E-state index in [-0.39, 0.29) is 29.3 Å². The molecule has 0 aromatic heterocycles. The first-order chi connectivity index (χ1) is 13.3. The van der Waals surface area contributed by atoms with E-state index in [2.05, 4.69) is 5.32 Å². The molecule has 0 saturated carbocycles. The molecular weight excluding hydrogens is 380 g/mol. The normalized spacial score (nSPS) is 17.2. The fourth-order valence-corrected chi connectivity index (χ4v) is 4.23. The molecule has 1 aromatic carbocycles. The van der Waals surface area contributed by atoms with Crippen molar-refractivity contribution in [3.05, 3.63) is 29.8 Å². The van der Waals surface area contributed by atoms with Crippen LogP contribution in [0.2, 0.25) is 0 Å². The number of nitrogens with zero attached hydrogens (tertiary/aromatic N) is 3. The largest absolute Gasteiger partial charge is 0.352 e. The van der Waals surface area contributed by atoms with Crippen LogP contribution in [0.15, 0.2) is 29.2 Å². The van der Waals surface area contributed by atoms with Gasteiger partial charge >= 0.3 is 0 Å². The van der Waals surface area contributed by atoms with Gasteiger partial charge in [-0.1, -0.05) is 6.92 Å². The van der Waals surface area contributed by atoms with Crippen LogP contribution >= 0.6 is 0 Å². The molecule has 0 radical (unpaired) electrons. The van der Waals surface area contributed by atoms with Gasteiger partial charge in [0.1, 0.15) is 0 Å². The molecule has 1 N–H and O–H groups in total. The van der Waals surface area contributed by atoms with Crippen LogP contribution < -0.4 is 5.32 Å². The molecule has 0 aliphatic carbocycles. The van der Waals surface area contributed by atoms with Crippen molar-refractivity contribution >= 4 is 21.8 Å². The quantitative estimate of drug-likeness (QED) is 0.729. The van der Waals surface area contributed by atoms with Gasteiger partial charge in [-0.2, -0.15) is 9.57 Å². The molecule has 2 amide bonds. The molecule has 1 aromatic rings. The zero-order valence-electron chi connectivity index (χ0n) is 16.2. The van der Waals surface area contributed by atoms with Crippen molar-refractivity contribution < 1.29 is 18.0 Å². The summed E-state index contributed by atoms with van der Waals surface area (Å²) in [4.78, 5) is 26.0. The smallest absolute Gasteiger partial charge is 0.243 e. The summed E-state index contributed by atoms with van der Waals surface area (Å²) in [6.07, 6.45) is 2.78. The molecular formula is C19H26N4O4S. The lowest BCUT2D eigenvalue weighted by Gasteiger charge is -2.34. The highest BCUT2D eigenvalue weighted by atomic mass is 32.2. The molecule has 1 saturated heterocycles. The van der Waals surface area contributed by atoms with Gasteiger partial charge in [0, 0.05) is 32.6 Å². The Morgan fingerprint density at radius 3 is 2.61 bits per heavy atom. The van der Waals surface area contributed by atoms with Crippen LogP contribution in [0.4, 0.5) is 0 Å². The van der Waals surface area contributed by atoms with Gasteiger partial charge in [-0.15, -0.1) is 0 Å². The van der Waals surface area contributed by atoms with Crippen LogP contribution in [0.3, 0.4) is 0 Å². The third-order valence-corrected chi connectivity index (χ3v) is 6.48. The molecule has 1 aliphatic rings. The maximum absolute atomic E-state index is 12.6. The first-order valence-corrected chi connectivity index (χ1v) is 10.8. The van der Waals surface area contributed by atoms with Crippen molar-refractivity contribution in [2.75, 3.05) is 26.7 Å². The number of carbonyl (C=O) groups is 2. The van der Waals surface area contributed by atoms with Crippen LogP contribution in [-0.2, 0) is 19.6 Å². The molecule has 0 bridgehead atoms. The molecule has 1 atom stereocenters. The Morgan fingerprint density at radius 1 is 1.32 bits per heavy atom. The van der Waals surface area contributed by atoms with E-state index in [1.165, 1.54) is 31.3 Å². The van der Waals surface area contributed by atoms with E-state index >= 15 is 0 Å². The van der Waals surface area contributed by atoms with E-state index in [1.54, 1.807) is 4.90 Å². The van der Waals surface area contributed by atoms with Crippen LogP contribution in [0.1, 0.15) is 38.2 Å². The third-order valence-electron chi connectivity index (χ3n) is 4.67. The summed E-state index contributed by atoms with van der Waals surface area (Å²) in [5.41, 5.74) is 0.363. The van der Waals surface area contributed by atoms with Gasteiger partial charge in [-0.05, 0) is 43.5 Å². The predicted octanol–water partition coefficient (Wildman–Crippen LogP) is 1.09. The highest BCUT2D eigenvalue weighted by Gasteiger charge is 2.28. The Labute approximate surface area is 166 Å². The summed E-state index contributed by atoms with van der Waals surface area (Å²) in [7, 11) is -2.47. The minimum Gasteiger partial charge on any atom is -0.352 e. The van der Waals surface area contributed by atoms with E-state index in [1.807, 2.05) is 13.0 Å². The van der Waals surface area contributed by atoms with Gasteiger partial charge in [0.15, 0.2) is 0 Å². The highest BCUT2D eigenvalue weighted by Crippen LogP contribution is 2.16. The fraction of sp³-hybridized carbons (Fsp3) is 0.526. The third kappa shape index (κ3) is 5.53. The Balaban J connectivity index is 1.98. The molecule has 9 heteroatoms. The zero-order chi connectivity index (χ0) is 20.7. The first-order valence-electron chi connectivity index (χ1n) is 9.31. The standard InChI is InChI=1S/C19H26N4O4S/c1-3-5-18(24)21-16-6-4-11-23(13-16)19(25)14-22(2)28(26,27)17-9-7-15(12-20)8-10-17/h7-10,16H,3-6,11,13-14H2,1-2H3,(H,21,24). The SMILES string of the molecule is CCCC(=O)NC1CCCN(C(=O)CN(C)S(=O)(=O)c2ccc(C#N)cc2)C1. The lowest BCUT2D eigenvalue weighted by molar-refractivity contribution is -0.133. The summed E-state index contributed by atoms with van der Waals surface area (Å²) in [6, 6.07) is 7.40. The van der Waals surface area contributed by atoms with Crippen molar-refractivity contribution in [3.63, 3.8) is 0 Å². The lowest BCUT2D eigenvalue weighted by atomic mass is 10.1. The number of nitrogens with one attached hydrogen (secondary N) is 1. The Kier molecular flexibility index (Phi) is 7.54. The number of amides is 2. The molecule has 152 valence electrons. The molecule has 8 nitrogen and oxygen atoms in total. The molecule has 1 heterocycles. The number of rotatable bonds is 7. The maximum Gasteiger partial charge on any atom is 0.243 e. The summed E-state index contributed by atoms with van der Waals surface area (Å²) in [6.45, 7) is 2.58. The number of carbonyl (C=O) groups excluding carboxylic acids is 2. The molecule has 1 aliphatic heterocycles. The molecule has 1 fully saturated rings. The zero-order valence-corrected chi connectivity index (χ0v) is 17.0. The van der Waals surface area contributed by atoms with Crippen molar-refractivity contribution in [2.24, 2.45) is 0 Å². The Morgan fingerprint density at radius 2 is 2.00 bits per heavy atom. The minimum absolute atomic E-state index is 0.0256. The number of likely N-dealkylation sites (tertiary alicyclic amines) is 1. The highest BCUT2D eigenvalue weighted by molar-refractivity contribution is 7.89. The summed E-state index contributed by atoms with van der Waals surface area (Å²) in [5, 5.41) is 11.8. The van der Waals surface area contributed by atoms with Crippen LogP contribution in [0.25, 0.3) is 0 Å². The first kappa shape index (κ1) is 21.9. The van der Waals surface area contributed by atoms with E-state index in [9.17, 15) is 18.0 Å². The minimum atomic E-state index is -3.83.